The minimum atomic E-state index is -0.664. The lowest BCUT2D eigenvalue weighted by Crippen LogP contribution is -2.24. The summed E-state index contributed by atoms with van der Waals surface area (Å²) in [4.78, 5) is 15.3. The maximum atomic E-state index is 12.0. The van der Waals surface area contributed by atoms with Crippen LogP contribution in [0.4, 0.5) is 0 Å². The second-order valence-corrected chi connectivity index (χ2v) is 5.42. The van der Waals surface area contributed by atoms with Crippen molar-refractivity contribution in [3.8, 4) is 0 Å². The Morgan fingerprint density at radius 1 is 1.43 bits per heavy atom. The molecule has 1 aromatic heterocycles. The number of hydrogen-bond donors (Lipinski definition) is 3. The van der Waals surface area contributed by atoms with Gasteiger partial charge >= 0.3 is 0 Å². The van der Waals surface area contributed by atoms with E-state index in [1.165, 1.54) is 0 Å². The number of carbonyl (C=O) groups is 1. The number of carbonyl (C=O) groups excluding carboxylic acids is 1. The van der Waals surface area contributed by atoms with Gasteiger partial charge in [0, 0.05) is 16.6 Å². The predicted molar refractivity (Wildman–Crippen MR) is 84.4 cm³/mol. The molecule has 0 aliphatic rings. The lowest BCUT2D eigenvalue weighted by atomic mass is 10.1. The largest absolute Gasteiger partial charge is 0.387 e. The number of hydrazone groups is 1. The highest BCUT2D eigenvalue weighted by molar-refractivity contribution is 5.91. The van der Waals surface area contributed by atoms with E-state index in [2.05, 4.69) is 21.6 Å². The van der Waals surface area contributed by atoms with Crippen molar-refractivity contribution in [3.63, 3.8) is 0 Å². The molecule has 1 amide bonds. The molecule has 3 N–H and O–H groups in total. The average molecular weight is 287 g/mol. The first-order valence-electron chi connectivity index (χ1n) is 6.97. The van der Waals surface area contributed by atoms with E-state index in [0.717, 1.165) is 27.7 Å². The van der Waals surface area contributed by atoms with Crippen LogP contribution in [0.5, 0.6) is 0 Å². The number of benzene rings is 1. The molecule has 5 heteroatoms. The van der Waals surface area contributed by atoms with E-state index in [-0.39, 0.29) is 12.3 Å². The van der Waals surface area contributed by atoms with E-state index in [0.29, 0.717) is 5.71 Å². The van der Waals surface area contributed by atoms with Crippen LogP contribution in [-0.4, -0.2) is 27.8 Å². The van der Waals surface area contributed by atoms with E-state index in [9.17, 15) is 9.90 Å². The van der Waals surface area contributed by atoms with Gasteiger partial charge in [-0.2, -0.15) is 5.10 Å². The molecular formula is C16H21N3O2. The van der Waals surface area contributed by atoms with Gasteiger partial charge in [0.15, 0.2) is 0 Å². The molecule has 1 atom stereocenters. The van der Waals surface area contributed by atoms with Gasteiger partial charge in [0.2, 0.25) is 5.91 Å². The van der Waals surface area contributed by atoms with Crippen molar-refractivity contribution >= 4 is 22.5 Å². The molecule has 0 aliphatic heterocycles. The minimum Gasteiger partial charge on any atom is -0.387 e. The summed E-state index contributed by atoms with van der Waals surface area (Å²) in [6.45, 7) is 7.27. The Balaban J connectivity index is 2.20. The number of fused-ring (bicyclic) bond motifs is 1. The smallest absolute Gasteiger partial charge is 0.244 e. The van der Waals surface area contributed by atoms with Crippen molar-refractivity contribution in [2.24, 2.45) is 5.10 Å². The molecule has 0 saturated carbocycles. The average Bonchev–Trinajstić information content (AvgIpc) is 2.72. The number of aryl methyl sites for hydroxylation is 2. The minimum absolute atomic E-state index is 0.194. The topological polar surface area (TPSA) is 77.5 Å². The van der Waals surface area contributed by atoms with Gasteiger partial charge in [0.25, 0.3) is 0 Å². The van der Waals surface area contributed by atoms with E-state index in [1.54, 1.807) is 13.8 Å². The van der Waals surface area contributed by atoms with Crippen molar-refractivity contribution < 1.29 is 9.90 Å². The molecule has 1 unspecified atom stereocenters. The maximum Gasteiger partial charge on any atom is 0.244 e. The Bertz CT molecular complexity index is 699. The van der Waals surface area contributed by atoms with Crippen LogP contribution in [-0.2, 0) is 11.2 Å². The first-order chi connectivity index (χ1) is 9.88. The summed E-state index contributed by atoms with van der Waals surface area (Å²) in [6.07, 6.45) is -0.408. The summed E-state index contributed by atoms with van der Waals surface area (Å²) < 4.78 is 0. The molecule has 112 valence electrons. The second-order valence-electron chi connectivity index (χ2n) is 5.42. The molecule has 0 bridgehead atoms. The second kappa shape index (κ2) is 6.10. The summed E-state index contributed by atoms with van der Waals surface area (Å²) in [5.74, 6) is -0.194. The molecular weight excluding hydrogens is 266 g/mol. The van der Waals surface area contributed by atoms with Gasteiger partial charge in [-0.3, -0.25) is 4.79 Å². The van der Waals surface area contributed by atoms with Crippen LogP contribution in [0.3, 0.4) is 0 Å². The molecule has 0 radical (unpaired) electrons. The SMILES string of the molecule is C/C(=N\NC(=O)Cc1c(C)[nH]c2ccc(C)cc12)C(C)O. The first-order valence-corrected chi connectivity index (χ1v) is 6.97. The number of rotatable bonds is 4. The molecule has 1 aromatic carbocycles. The van der Waals surface area contributed by atoms with Crippen LogP contribution < -0.4 is 5.43 Å². The Labute approximate surface area is 124 Å². The number of H-pyrrole nitrogens is 1. The van der Waals surface area contributed by atoms with Crippen molar-refractivity contribution in [1.29, 1.82) is 0 Å². The molecule has 2 aromatic rings. The fourth-order valence-electron chi connectivity index (χ4n) is 2.17. The monoisotopic (exact) mass is 287 g/mol. The third-order valence-electron chi connectivity index (χ3n) is 3.57. The number of aromatic amines is 1. The summed E-state index contributed by atoms with van der Waals surface area (Å²) in [6, 6.07) is 6.14. The zero-order valence-electron chi connectivity index (χ0n) is 12.8. The molecule has 1 heterocycles. The Hall–Kier alpha value is -2.14. The third-order valence-corrected chi connectivity index (χ3v) is 3.57. The van der Waals surface area contributed by atoms with Gasteiger partial charge in [0.1, 0.15) is 0 Å². The van der Waals surface area contributed by atoms with Crippen molar-refractivity contribution in [2.75, 3.05) is 0 Å². The van der Waals surface area contributed by atoms with Crippen LogP contribution >= 0.6 is 0 Å². The van der Waals surface area contributed by atoms with Gasteiger partial charge < -0.3 is 10.1 Å². The van der Waals surface area contributed by atoms with Crippen molar-refractivity contribution in [3.05, 3.63) is 35.0 Å². The van der Waals surface area contributed by atoms with Crippen LogP contribution in [0, 0.1) is 13.8 Å². The number of nitrogens with one attached hydrogen (secondary N) is 2. The van der Waals surface area contributed by atoms with Gasteiger partial charge in [-0.15, -0.1) is 0 Å². The fraction of sp³-hybridized carbons (Fsp3) is 0.375. The zero-order chi connectivity index (χ0) is 15.6. The third kappa shape index (κ3) is 3.49. The fourth-order valence-corrected chi connectivity index (χ4v) is 2.17. The van der Waals surface area contributed by atoms with Crippen LogP contribution in [0.15, 0.2) is 23.3 Å². The molecule has 21 heavy (non-hydrogen) atoms. The molecule has 0 saturated heterocycles. The zero-order valence-corrected chi connectivity index (χ0v) is 12.8. The molecule has 2 rings (SSSR count). The Kier molecular flexibility index (Phi) is 4.43. The van der Waals surface area contributed by atoms with Gasteiger partial charge in [-0.05, 0) is 45.4 Å². The first kappa shape index (κ1) is 15.3. The van der Waals surface area contributed by atoms with Crippen molar-refractivity contribution in [2.45, 2.75) is 40.2 Å². The summed E-state index contributed by atoms with van der Waals surface area (Å²) >= 11 is 0. The standard InChI is InChI=1S/C16H21N3O2/c1-9-5-6-15-14(7-9)13(11(3)17-15)8-16(21)19-18-10(2)12(4)20/h5-7,12,17,20H,8H2,1-4H3,(H,19,21)/b18-10+. The van der Waals surface area contributed by atoms with E-state index >= 15 is 0 Å². The number of aliphatic hydroxyl groups excluding tert-OH is 1. The lowest BCUT2D eigenvalue weighted by molar-refractivity contribution is -0.120. The number of amides is 1. The van der Waals surface area contributed by atoms with Crippen LogP contribution in [0.2, 0.25) is 0 Å². The summed E-state index contributed by atoms with van der Waals surface area (Å²) in [5, 5.41) is 14.3. The van der Waals surface area contributed by atoms with Crippen LogP contribution in [0.25, 0.3) is 10.9 Å². The van der Waals surface area contributed by atoms with E-state index < -0.39 is 6.10 Å². The quantitative estimate of drug-likeness (QED) is 0.595. The van der Waals surface area contributed by atoms with Gasteiger partial charge in [-0.1, -0.05) is 11.6 Å². The van der Waals surface area contributed by atoms with Gasteiger partial charge in [-0.25, -0.2) is 5.43 Å². The Morgan fingerprint density at radius 3 is 2.81 bits per heavy atom. The van der Waals surface area contributed by atoms with E-state index in [1.807, 2.05) is 26.0 Å². The Morgan fingerprint density at radius 2 is 2.14 bits per heavy atom. The van der Waals surface area contributed by atoms with E-state index in [4.69, 9.17) is 0 Å². The number of hydrogen-bond acceptors (Lipinski definition) is 3. The molecule has 0 aliphatic carbocycles. The molecule has 0 fully saturated rings. The predicted octanol–water partition coefficient (Wildman–Crippen LogP) is 2.20. The highest BCUT2D eigenvalue weighted by Gasteiger charge is 2.12. The number of aliphatic hydroxyl groups is 1. The summed E-state index contributed by atoms with van der Waals surface area (Å²) in [7, 11) is 0. The number of nitrogens with zero attached hydrogens (tertiary/aromatic N) is 1. The normalized spacial score (nSPS) is 13.5. The van der Waals surface area contributed by atoms with Crippen LogP contribution in [0.1, 0.15) is 30.7 Å². The lowest BCUT2D eigenvalue weighted by Gasteiger charge is -2.05. The van der Waals surface area contributed by atoms with Gasteiger partial charge in [0.05, 0.1) is 18.2 Å². The molecule has 0 spiro atoms. The number of aromatic nitrogens is 1. The van der Waals surface area contributed by atoms with Crippen molar-refractivity contribution in [1.82, 2.24) is 10.4 Å². The maximum absolute atomic E-state index is 12.0. The highest BCUT2D eigenvalue weighted by Crippen LogP contribution is 2.23. The summed E-state index contributed by atoms with van der Waals surface area (Å²) in [5.41, 5.74) is 7.13. The molecule has 5 nitrogen and oxygen atoms in total. The highest BCUT2D eigenvalue weighted by atomic mass is 16.3.